The molecule has 0 aliphatic rings. The molecule has 0 N–H and O–H groups in total. The Bertz CT molecular complexity index is 2110. The lowest BCUT2D eigenvalue weighted by molar-refractivity contribution is 1.10. The number of benzene rings is 5. The summed E-state index contributed by atoms with van der Waals surface area (Å²) in [6, 6.07) is 47.2. The highest BCUT2D eigenvalue weighted by atomic mass is 31.2. The lowest BCUT2D eigenvalue weighted by Gasteiger charge is -2.48. The average molecular weight is 976 g/mol. The molecule has 5 aromatic carbocycles. The standard InChI is InChI=1S/C54H88BPSi7/c1-41-37-42(2)50(43(3)38-41)57(55-56(45-31-25-22-26-32-45,46-33-27-23-28-34-46)47-35-29-24-30-36-47)51-48(53(60(10,11)12)61(13,14)15)39-44(52(58(4,5)6)59(7,8)9)40-49(51)54(62(16,17)18)63(19,20)21/h22-40,52-54,57H,55H2,1-21H3/t57-/m0/s1. The molecule has 63 heavy (non-hydrogen) atoms. The molecule has 0 unspecified atom stereocenters. The van der Waals surface area contributed by atoms with Crippen molar-refractivity contribution in [3.8, 4) is 0 Å². The van der Waals surface area contributed by atoms with Gasteiger partial charge in [-0.25, -0.2) is 0 Å². The molecule has 0 nitrogen and oxygen atoms in total. The molecule has 5 aromatic rings. The largest absolute Gasteiger partial charge is 0.160 e. The van der Waals surface area contributed by atoms with E-state index in [9.17, 15) is 0 Å². The lowest BCUT2D eigenvalue weighted by atomic mass is 10.1. The minimum Gasteiger partial charge on any atom is -0.0831 e. The molecular weight excluding hydrogens is 887 g/mol. The van der Waals surface area contributed by atoms with Gasteiger partial charge in [-0.3, -0.25) is 0 Å². The Balaban J connectivity index is 2.21. The van der Waals surface area contributed by atoms with Crippen molar-refractivity contribution in [2.45, 2.75) is 154 Å². The number of hydrogen-bond donors (Lipinski definition) is 0. The fraction of sp³-hybridized carbons (Fsp3) is 0.444. The second-order valence-corrected chi connectivity index (χ2v) is 68.2. The maximum absolute atomic E-state index is 3.01. The van der Waals surface area contributed by atoms with Gasteiger partial charge in [-0.1, -0.05) is 242 Å². The minimum atomic E-state index is -2.09. The van der Waals surface area contributed by atoms with Crippen LogP contribution in [0.25, 0.3) is 0 Å². The number of aryl methyl sites for hydroxylation is 3. The van der Waals surface area contributed by atoms with Crippen molar-refractivity contribution in [2.75, 3.05) is 0 Å². The van der Waals surface area contributed by atoms with Crippen molar-refractivity contribution in [1.82, 2.24) is 0 Å². The molecule has 0 amide bonds. The van der Waals surface area contributed by atoms with Crippen molar-refractivity contribution >= 4 is 97.1 Å². The van der Waals surface area contributed by atoms with Gasteiger partial charge in [0.05, 0.1) is 15.9 Å². The summed E-state index contributed by atoms with van der Waals surface area (Å²) in [6.07, 6.45) is 0. The second kappa shape index (κ2) is 19.0. The molecular formula is C54H88BPSi7. The van der Waals surface area contributed by atoms with Gasteiger partial charge in [0, 0.05) is 57.1 Å². The van der Waals surface area contributed by atoms with Gasteiger partial charge in [-0.2, -0.15) is 0 Å². The molecule has 0 bridgehead atoms. The van der Waals surface area contributed by atoms with Crippen LogP contribution in [0.3, 0.4) is 0 Å². The van der Waals surface area contributed by atoms with Crippen LogP contribution >= 0.6 is 7.14 Å². The van der Waals surface area contributed by atoms with Crippen LogP contribution in [0.5, 0.6) is 0 Å². The zero-order chi connectivity index (χ0) is 47.3. The van der Waals surface area contributed by atoms with Crippen LogP contribution in [-0.4, -0.2) is 63.7 Å². The zero-order valence-corrected chi connectivity index (χ0v) is 52.3. The summed E-state index contributed by atoms with van der Waals surface area (Å²) >= 11 is 0. The summed E-state index contributed by atoms with van der Waals surface area (Å²) in [7, 11) is -14.5. The summed E-state index contributed by atoms with van der Waals surface area (Å²) in [6.45, 7) is 55.8. The van der Waals surface area contributed by atoms with Crippen molar-refractivity contribution in [3.63, 3.8) is 0 Å². The maximum Gasteiger partial charge on any atom is 0.160 e. The highest BCUT2D eigenvalue weighted by molar-refractivity contribution is 8.21. The first-order valence-corrected chi connectivity index (χ1v) is 50.4. The van der Waals surface area contributed by atoms with Crippen LogP contribution in [0, 0.1) is 20.8 Å². The summed E-state index contributed by atoms with van der Waals surface area (Å²) in [4.78, 5) is 0. The van der Waals surface area contributed by atoms with E-state index in [1.54, 1.807) is 37.8 Å². The summed E-state index contributed by atoms with van der Waals surface area (Å²) in [5.41, 5.74) is 10.0. The predicted molar refractivity (Wildman–Crippen MR) is 316 cm³/mol. The van der Waals surface area contributed by atoms with E-state index >= 15 is 0 Å². The fourth-order valence-electron chi connectivity index (χ4n) is 14.4. The first-order chi connectivity index (χ1) is 28.8. The molecule has 340 valence electrons. The third-order valence-electron chi connectivity index (χ3n) is 14.5. The quantitative estimate of drug-likeness (QED) is 0.0683. The summed E-state index contributed by atoms with van der Waals surface area (Å²) < 4.78 is 0. The Morgan fingerprint density at radius 2 is 0.667 bits per heavy atom. The van der Waals surface area contributed by atoms with Crippen LogP contribution in [0.2, 0.25) is 118 Å². The SMILES string of the molecule is Cc1cc(C)c([Si@H]([BH2-][P+](c2ccccc2)(c2ccccc2)c2ccccc2)c2c(C([Si](C)(C)C)[Si](C)(C)C)cc(C([Si](C)(C)C)[Si](C)(C)C)cc2C([Si](C)(C)C)[Si](C)(C)C)c(C)c1. The maximum atomic E-state index is 3.01. The van der Waals surface area contributed by atoms with E-state index in [4.69, 9.17) is 0 Å². The van der Waals surface area contributed by atoms with E-state index in [1.807, 2.05) is 16.3 Å². The molecule has 0 aliphatic heterocycles. The van der Waals surface area contributed by atoms with Gasteiger partial charge in [0.25, 0.3) is 0 Å². The van der Waals surface area contributed by atoms with Crippen LogP contribution in [0.15, 0.2) is 115 Å². The van der Waals surface area contributed by atoms with Crippen LogP contribution < -0.4 is 26.3 Å². The molecule has 9 heteroatoms. The van der Waals surface area contributed by atoms with Gasteiger partial charge in [0.15, 0.2) is 6.59 Å². The van der Waals surface area contributed by atoms with Crippen molar-refractivity contribution in [2.24, 2.45) is 0 Å². The van der Waals surface area contributed by atoms with Crippen molar-refractivity contribution < 1.29 is 0 Å². The van der Waals surface area contributed by atoms with Gasteiger partial charge >= 0.3 is 0 Å². The first-order valence-electron chi connectivity index (χ1n) is 24.4. The lowest BCUT2D eigenvalue weighted by Crippen LogP contribution is -2.61. The van der Waals surface area contributed by atoms with Gasteiger partial charge in [-0.05, 0) is 78.2 Å². The molecule has 0 aromatic heterocycles. The van der Waals surface area contributed by atoms with Gasteiger partial charge in [0.2, 0.25) is 0 Å². The minimum absolute atomic E-state index is 0.664. The normalized spacial score (nSPS) is 14.2. The van der Waals surface area contributed by atoms with Crippen molar-refractivity contribution in [1.29, 1.82) is 0 Å². The topological polar surface area (TPSA) is 0 Å². The second-order valence-electron chi connectivity index (χ2n) is 26.4. The highest BCUT2D eigenvalue weighted by Gasteiger charge is 2.50. The Morgan fingerprint density at radius 3 is 0.937 bits per heavy atom. The molecule has 0 spiro atoms. The third kappa shape index (κ3) is 11.5. The third-order valence-corrected chi connectivity index (χ3v) is 54.8. The van der Waals surface area contributed by atoms with E-state index in [-0.39, 0.29) is 0 Å². The van der Waals surface area contributed by atoms with E-state index < -0.39 is 70.8 Å². The summed E-state index contributed by atoms with van der Waals surface area (Å²) in [5, 5.41) is 10.5. The van der Waals surface area contributed by atoms with E-state index in [2.05, 4.69) is 254 Å². The Kier molecular flexibility index (Phi) is 15.7. The fourth-order valence-corrected chi connectivity index (χ4v) is 68.5. The van der Waals surface area contributed by atoms with Gasteiger partial charge < -0.3 is 0 Å². The highest BCUT2D eigenvalue weighted by Crippen LogP contribution is 2.55. The Morgan fingerprint density at radius 1 is 0.381 bits per heavy atom. The molecule has 0 heterocycles. The van der Waals surface area contributed by atoms with Crippen LogP contribution in [0.1, 0.15) is 48.9 Å². The van der Waals surface area contributed by atoms with E-state index in [0.717, 1.165) is 0 Å². The predicted octanol–water partition coefficient (Wildman–Crippen LogP) is 13.0. The van der Waals surface area contributed by atoms with Gasteiger partial charge in [0.1, 0.15) is 0 Å². The Hall–Kier alpha value is -1.89. The molecule has 0 fully saturated rings. The monoisotopic (exact) mass is 975 g/mol. The Labute approximate surface area is 397 Å². The zero-order valence-electron chi connectivity index (χ0n) is 44.2. The van der Waals surface area contributed by atoms with Crippen LogP contribution in [0.4, 0.5) is 0 Å². The van der Waals surface area contributed by atoms with Gasteiger partial charge in [-0.15, -0.1) is 0 Å². The van der Waals surface area contributed by atoms with Crippen LogP contribution in [-0.2, 0) is 0 Å². The smallest absolute Gasteiger partial charge is 0.0831 e. The number of rotatable bonds is 16. The number of hydrogen-bond acceptors (Lipinski definition) is 0. The van der Waals surface area contributed by atoms with E-state index in [1.165, 1.54) is 5.56 Å². The molecule has 1 atom stereocenters. The summed E-state index contributed by atoms with van der Waals surface area (Å²) in [5.74, 6) is 0. The van der Waals surface area contributed by atoms with E-state index in [0.29, 0.717) is 15.5 Å². The first kappa shape index (κ1) is 52.1. The molecule has 0 saturated carbocycles. The molecule has 5 rings (SSSR count). The molecule has 0 saturated heterocycles. The average Bonchev–Trinajstić information content (AvgIpc) is 3.10. The molecule has 0 aliphatic carbocycles. The molecule has 0 radical (unpaired) electrons. The van der Waals surface area contributed by atoms with Crippen molar-refractivity contribution in [3.05, 3.63) is 149 Å².